The van der Waals surface area contributed by atoms with Gasteiger partial charge in [-0.25, -0.2) is 19.4 Å². The van der Waals surface area contributed by atoms with Gasteiger partial charge >= 0.3 is 42.4 Å². The first kappa shape index (κ1) is 42.3. The number of hydrogen-bond donors (Lipinski definition) is 3. The first-order chi connectivity index (χ1) is 22.5. The van der Waals surface area contributed by atoms with Crippen molar-refractivity contribution in [1.29, 1.82) is 0 Å². The summed E-state index contributed by atoms with van der Waals surface area (Å²) in [7, 11) is 0. The number of carboxylic acid groups (broad SMARTS) is 3. The Labute approximate surface area is 272 Å². The van der Waals surface area contributed by atoms with Crippen LogP contribution in [0.2, 0.25) is 0 Å². The van der Waals surface area contributed by atoms with Gasteiger partial charge in [-0.15, -0.1) is 0 Å². The molecule has 0 amide bonds. The van der Waals surface area contributed by atoms with E-state index in [1.54, 1.807) is 6.20 Å². The fourth-order valence-corrected chi connectivity index (χ4v) is 4.73. The minimum absolute atomic E-state index is 0.0401. The third-order valence-electron chi connectivity index (χ3n) is 6.78. The zero-order valence-corrected chi connectivity index (χ0v) is 25.4. The van der Waals surface area contributed by atoms with Crippen LogP contribution in [-0.2, 0) is 30.5 Å². The van der Waals surface area contributed by atoms with Crippen LogP contribution in [0, 0.1) is 11.3 Å². The number of carboxylic acids is 3. The molecule has 49 heavy (non-hydrogen) atoms. The lowest BCUT2D eigenvalue weighted by molar-refractivity contribution is -0.193. The third kappa shape index (κ3) is 14.1. The lowest BCUT2D eigenvalue weighted by atomic mass is 9.75. The number of hydrogen-bond acceptors (Lipinski definition) is 9. The molecule has 0 radical (unpaired) electrons. The molecular weight excluding hydrogens is 691 g/mol. The smallest absolute Gasteiger partial charge is 0.475 e. The lowest BCUT2D eigenvalue weighted by Crippen LogP contribution is -2.42. The maximum atomic E-state index is 13.1. The van der Waals surface area contributed by atoms with Crippen LogP contribution < -0.4 is 4.90 Å². The van der Waals surface area contributed by atoms with Gasteiger partial charge in [0.2, 0.25) is 0 Å². The van der Waals surface area contributed by atoms with Gasteiger partial charge in [0, 0.05) is 50.7 Å². The van der Waals surface area contributed by atoms with Crippen molar-refractivity contribution in [2.45, 2.75) is 44.8 Å². The highest BCUT2D eigenvalue weighted by molar-refractivity contribution is 5.79. The Balaban J connectivity index is 0.000000467. The number of aliphatic carboxylic acids is 3. The molecule has 2 fully saturated rings. The van der Waals surface area contributed by atoms with Crippen LogP contribution in [0.15, 0.2) is 48.9 Å². The van der Waals surface area contributed by atoms with Gasteiger partial charge in [0.15, 0.2) is 0 Å². The van der Waals surface area contributed by atoms with Crippen molar-refractivity contribution in [2.75, 3.05) is 37.7 Å². The van der Waals surface area contributed by atoms with Gasteiger partial charge in [-0.2, -0.15) is 39.5 Å². The SMILES string of the molecule is CCOC(=O)[C@]12CCCN(Cc3cccnc3)C[C@H]1CN(c1ccccn1)C2.O=C(O)C(F)(F)F.O=C(O)C(F)(F)F.O=C(O)C(F)(F)F. The normalized spacial score (nSPS) is 19.2. The van der Waals surface area contributed by atoms with E-state index in [2.05, 4.69) is 25.8 Å². The molecule has 4 rings (SSSR count). The zero-order chi connectivity index (χ0) is 37.6. The van der Waals surface area contributed by atoms with Gasteiger partial charge in [-0.05, 0) is 50.1 Å². The standard InChI is InChI=1S/C22H28N4O2.3C2HF3O2/c1-2-28-21(27)22-9-6-12-25(14-18-7-5-10-23-13-18)15-19(22)16-26(17-22)20-8-3-4-11-24-20;3*3-2(4,5)1(6)7/h3-5,7-8,10-11,13,19H,2,6,9,12,14-17H2,1H3;3*(H,6,7)/t19-,22-;;;/m0.../s1. The van der Waals surface area contributed by atoms with Gasteiger partial charge < -0.3 is 25.0 Å². The Morgan fingerprint density at radius 1 is 0.857 bits per heavy atom. The van der Waals surface area contributed by atoms with Gasteiger partial charge in [0.25, 0.3) is 0 Å². The number of rotatable bonds is 5. The van der Waals surface area contributed by atoms with E-state index in [9.17, 15) is 44.3 Å². The molecule has 4 heterocycles. The number of carbonyl (C=O) groups excluding carboxylic acids is 1. The Morgan fingerprint density at radius 2 is 1.41 bits per heavy atom. The molecule has 12 nitrogen and oxygen atoms in total. The minimum Gasteiger partial charge on any atom is -0.475 e. The Bertz CT molecular complexity index is 1310. The number of carbonyl (C=O) groups is 4. The van der Waals surface area contributed by atoms with Crippen molar-refractivity contribution < 1.29 is 78.7 Å². The molecule has 274 valence electrons. The molecule has 2 saturated heterocycles. The topological polar surface area (TPSA) is 170 Å². The van der Waals surface area contributed by atoms with Crippen LogP contribution in [0.4, 0.5) is 45.3 Å². The number of nitrogens with zero attached hydrogens (tertiary/aromatic N) is 4. The minimum atomic E-state index is -5.08. The average molecular weight is 723 g/mol. The zero-order valence-electron chi connectivity index (χ0n) is 25.4. The number of alkyl halides is 9. The summed E-state index contributed by atoms with van der Waals surface area (Å²) in [4.78, 5) is 53.3. The van der Waals surface area contributed by atoms with Crippen molar-refractivity contribution in [3.8, 4) is 0 Å². The Kier molecular flexibility index (Phi) is 15.7. The van der Waals surface area contributed by atoms with E-state index < -0.39 is 41.9 Å². The third-order valence-corrected chi connectivity index (χ3v) is 6.78. The second-order valence-electron chi connectivity index (χ2n) is 10.3. The molecule has 2 aromatic heterocycles. The number of fused-ring (bicyclic) bond motifs is 1. The maximum Gasteiger partial charge on any atom is 0.490 e. The molecule has 0 spiro atoms. The highest BCUT2D eigenvalue weighted by atomic mass is 19.4. The van der Waals surface area contributed by atoms with Crippen LogP contribution in [0.25, 0.3) is 0 Å². The van der Waals surface area contributed by atoms with Gasteiger partial charge in [0.1, 0.15) is 5.82 Å². The fraction of sp³-hybridized carbons (Fsp3) is 0.500. The number of anilines is 1. The van der Waals surface area contributed by atoms with E-state index >= 15 is 0 Å². The molecule has 2 atom stereocenters. The summed E-state index contributed by atoms with van der Waals surface area (Å²) in [5.74, 6) is -7.14. The summed E-state index contributed by atoms with van der Waals surface area (Å²) < 4.78 is 101. The van der Waals surface area contributed by atoms with Crippen LogP contribution >= 0.6 is 0 Å². The average Bonchev–Trinajstić information content (AvgIpc) is 3.28. The summed E-state index contributed by atoms with van der Waals surface area (Å²) in [5.41, 5.74) is 0.766. The van der Waals surface area contributed by atoms with E-state index in [0.29, 0.717) is 13.2 Å². The maximum absolute atomic E-state index is 13.1. The highest BCUT2D eigenvalue weighted by Crippen LogP contribution is 2.45. The first-order valence-corrected chi connectivity index (χ1v) is 13.9. The van der Waals surface area contributed by atoms with Crippen LogP contribution in [0.5, 0.6) is 0 Å². The molecule has 3 N–H and O–H groups in total. The number of esters is 1. The van der Waals surface area contributed by atoms with Crippen molar-refractivity contribution in [3.63, 3.8) is 0 Å². The molecule has 0 saturated carbocycles. The van der Waals surface area contributed by atoms with Crippen molar-refractivity contribution in [3.05, 3.63) is 54.5 Å². The van der Waals surface area contributed by atoms with Crippen molar-refractivity contribution in [1.82, 2.24) is 14.9 Å². The van der Waals surface area contributed by atoms with Gasteiger partial charge in [-0.1, -0.05) is 12.1 Å². The molecule has 2 aromatic rings. The second kappa shape index (κ2) is 18.2. The van der Waals surface area contributed by atoms with Crippen LogP contribution in [0.3, 0.4) is 0 Å². The summed E-state index contributed by atoms with van der Waals surface area (Å²) in [6.45, 7) is 6.59. The largest absolute Gasteiger partial charge is 0.490 e. The lowest BCUT2D eigenvalue weighted by Gasteiger charge is -2.31. The van der Waals surface area contributed by atoms with Crippen LogP contribution in [-0.4, -0.2) is 105 Å². The van der Waals surface area contributed by atoms with Crippen molar-refractivity contribution >= 4 is 29.7 Å². The number of halogens is 9. The van der Waals surface area contributed by atoms with E-state index in [1.807, 2.05) is 43.6 Å². The predicted octanol–water partition coefficient (Wildman–Crippen LogP) is 4.66. The number of ether oxygens (including phenoxy) is 1. The van der Waals surface area contributed by atoms with Gasteiger partial charge in [-0.3, -0.25) is 14.7 Å². The number of likely N-dealkylation sites (tertiary alicyclic amines) is 1. The molecule has 0 unspecified atom stereocenters. The van der Waals surface area contributed by atoms with Crippen LogP contribution in [0.1, 0.15) is 25.3 Å². The summed E-state index contributed by atoms with van der Waals surface area (Å²) >= 11 is 0. The fourth-order valence-electron chi connectivity index (χ4n) is 4.73. The van der Waals surface area contributed by atoms with Gasteiger partial charge in [0.05, 0.1) is 12.0 Å². The predicted molar refractivity (Wildman–Crippen MR) is 149 cm³/mol. The van der Waals surface area contributed by atoms with E-state index in [-0.39, 0.29) is 11.9 Å². The molecular formula is C28H31F9N4O8. The first-order valence-electron chi connectivity index (χ1n) is 13.9. The summed E-state index contributed by atoms with van der Waals surface area (Å²) in [5, 5.41) is 21.4. The molecule has 0 bridgehead atoms. The number of aromatic nitrogens is 2. The molecule has 21 heteroatoms. The van der Waals surface area contributed by atoms with E-state index in [4.69, 9.17) is 34.4 Å². The Morgan fingerprint density at radius 3 is 1.84 bits per heavy atom. The molecule has 0 aromatic carbocycles. The number of pyridine rings is 2. The monoisotopic (exact) mass is 722 g/mol. The summed E-state index contributed by atoms with van der Waals surface area (Å²) in [6.07, 6.45) is -7.85. The molecule has 2 aliphatic rings. The summed E-state index contributed by atoms with van der Waals surface area (Å²) in [6, 6.07) is 10.0. The quantitative estimate of drug-likeness (QED) is 0.289. The highest BCUT2D eigenvalue weighted by Gasteiger charge is 2.54. The molecule has 0 aliphatic carbocycles. The second-order valence-corrected chi connectivity index (χ2v) is 10.3. The van der Waals surface area contributed by atoms with E-state index in [0.717, 1.165) is 44.8 Å². The Hall–Kier alpha value is -4.69. The van der Waals surface area contributed by atoms with Crippen molar-refractivity contribution in [2.24, 2.45) is 11.3 Å². The molecule has 2 aliphatic heterocycles. The van der Waals surface area contributed by atoms with E-state index in [1.165, 1.54) is 5.56 Å².